The van der Waals surface area contributed by atoms with Crippen LogP contribution in [0.15, 0.2) is 24.3 Å². The molecule has 30 heavy (non-hydrogen) atoms. The fourth-order valence-corrected chi connectivity index (χ4v) is 3.75. The van der Waals surface area contributed by atoms with Crippen molar-refractivity contribution in [2.75, 3.05) is 51.3 Å². The van der Waals surface area contributed by atoms with Gasteiger partial charge in [0.05, 0.1) is 7.11 Å². The smallest absolute Gasteiger partial charge is 0.407 e. The number of anilines is 1. The van der Waals surface area contributed by atoms with Crippen LogP contribution in [0.5, 0.6) is 0 Å². The number of alkyl carbamates (subject to hydrolysis) is 1. The minimum Gasteiger partial charge on any atom is -0.453 e. The number of carbonyl (C=O) groups is 2. The highest BCUT2D eigenvalue weighted by atomic mass is 16.5. The molecule has 7 nitrogen and oxygen atoms in total. The molecular weight excluding hydrogens is 380 g/mol. The van der Waals surface area contributed by atoms with Gasteiger partial charge >= 0.3 is 6.09 Å². The second-order valence-corrected chi connectivity index (χ2v) is 8.48. The zero-order valence-corrected chi connectivity index (χ0v) is 18.9. The summed E-state index contributed by atoms with van der Waals surface area (Å²) in [5.74, 6) is 0.164. The highest BCUT2D eigenvalue weighted by Crippen LogP contribution is 2.17. The normalized spacial score (nSPS) is 15.7. The largest absolute Gasteiger partial charge is 0.453 e. The fraction of sp³-hybridized carbons (Fsp3) is 0.652. The summed E-state index contributed by atoms with van der Waals surface area (Å²) in [4.78, 5) is 28.8. The molecule has 1 atom stereocenters. The number of hydrogen-bond donors (Lipinski definition) is 2. The van der Waals surface area contributed by atoms with Crippen LogP contribution in [0.4, 0.5) is 10.5 Å². The Labute approximate surface area is 181 Å². The van der Waals surface area contributed by atoms with Crippen molar-refractivity contribution in [3.8, 4) is 0 Å². The summed E-state index contributed by atoms with van der Waals surface area (Å²) < 4.78 is 4.63. The molecule has 1 saturated heterocycles. The van der Waals surface area contributed by atoms with Gasteiger partial charge in [0.2, 0.25) is 5.91 Å². The van der Waals surface area contributed by atoms with Crippen LogP contribution >= 0.6 is 0 Å². The van der Waals surface area contributed by atoms with E-state index in [4.69, 9.17) is 0 Å². The molecule has 1 aliphatic rings. The van der Waals surface area contributed by atoms with E-state index in [9.17, 15) is 9.59 Å². The van der Waals surface area contributed by atoms with E-state index < -0.39 is 12.1 Å². The number of benzene rings is 1. The van der Waals surface area contributed by atoms with E-state index in [1.165, 1.54) is 18.4 Å². The second-order valence-electron chi connectivity index (χ2n) is 8.48. The van der Waals surface area contributed by atoms with Crippen molar-refractivity contribution in [3.63, 3.8) is 0 Å². The van der Waals surface area contributed by atoms with Crippen molar-refractivity contribution in [3.05, 3.63) is 29.8 Å². The molecule has 1 heterocycles. The van der Waals surface area contributed by atoms with Crippen molar-refractivity contribution >= 4 is 17.7 Å². The summed E-state index contributed by atoms with van der Waals surface area (Å²) in [6, 6.07) is 8.15. The molecule has 0 saturated carbocycles. The van der Waals surface area contributed by atoms with Crippen LogP contribution in [0, 0.1) is 12.8 Å². The molecule has 1 fully saturated rings. The van der Waals surface area contributed by atoms with E-state index >= 15 is 0 Å². The Morgan fingerprint density at radius 2 is 1.87 bits per heavy atom. The van der Waals surface area contributed by atoms with Gasteiger partial charge in [0, 0.05) is 38.4 Å². The van der Waals surface area contributed by atoms with Crippen LogP contribution in [-0.4, -0.2) is 69.3 Å². The lowest BCUT2D eigenvalue weighted by Gasteiger charge is -2.36. The molecule has 2 N–H and O–H groups in total. The van der Waals surface area contributed by atoms with Gasteiger partial charge in [-0.15, -0.1) is 0 Å². The van der Waals surface area contributed by atoms with E-state index in [1.807, 2.05) is 13.8 Å². The van der Waals surface area contributed by atoms with Gasteiger partial charge in [-0.25, -0.2) is 4.79 Å². The van der Waals surface area contributed by atoms with Crippen molar-refractivity contribution in [2.45, 2.75) is 46.1 Å². The van der Waals surface area contributed by atoms with E-state index in [2.05, 4.69) is 56.4 Å². The van der Waals surface area contributed by atoms with Gasteiger partial charge in [0.25, 0.3) is 0 Å². The fourth-order valence-electron chi connectivity index (χ4n) is 3.75. The van der Waals surface area contributed by atoms with E-state index in [1.54, 1.807) is 0 Å². The maximum absolute atomic E-state index is 12.4. The van der Waals surface area contributed by atoms with Crippen LogP contribution < -0.4 is 15.5 Å². The number of amides is 2. The summed E-state index contributed by atoms with van der Waals surface area (Å²) >= 11 is 0. The average molecular weight is 419 g/mol. The maximum Gasteiger partial charge on any atom is 0.407 e. The molecule has 168 valence electrons. The number of nitrogens with one attached hydrogen (secondary N) is 2. The van der Waals surface area contributed by atoms with Crippen molar-refractivity contribution in [1.29, 1.82) is 0 Å². The van der Waals surface area contributed by atoms with Gasteiger partial charge in [-0.2, -0.15) is 0 Å². The standard InChI is InChI=1S/C23H38N4O3/c1-18(2)16-21(25-23(29)30-4)22(28)24-10-5-6-11-26-12-14-27(15-13-26)20-9-7-8-19(3)17-20/h7-9,17-18,21H,5-6,10-16H2,1-4H3,(H,24,28)(H,25,29). The Morgan fingerprint density at radius 1 is 1.13 bits per heavy atom. The number of methoxy groups -OCH3 is 1. The third-order valence-corrected chi connectivity index (χ3v) is 5.44. The van der Waals surface area contributed by atoms with Crippen LogP contribution in [0.3, 0.4) is 0 Å². The molecule has 0 spiro atoms. The molecule has 1 aliphatic heterocycles. The number of carbonyl (C=O) groups excluding carboxylic acids is 2. The minimum absolute atomic E-state index is 0.138. The summed E-state index contributed by atoms with van der Waals surface area (Å²) in [5, 5.41) is 5.58. The highest BCUT2D eigenvalue weighted by Gasteiger charge is 2.22. The quantitative estimate of drug-likeness (QED) is 0.572. The summed E-state index contributed by atoms with van der Waals surface area (Å²) in [6.45, 7) is 12.1. The number of ether oxygens (including phenoxy) is 1. The molecule has 1 aromatic rings. The first kappa shape index (κ1) is 24.0. The molecule has 0 bridgehead atoms. The Bertz CT molecular complexity index is 672. The van der Waals surface area contributed by atoms with Gasteiger partial charge < -0.3 is 20.3 Å². The Balaban J connectivity index is 1.63. The van der Waals surface area contributed by atoms with Gasteiger partial charge in [-0.3, -0.25) is 9.69 Å². The Hall–Kier alpha value is -2.28. The molecule has 2 rings (SSSR count). The Kier molecular flexibility index (Phi) is 9.94. The SMILES string of the molecule is COC(=O)NC(CC(C)C)C(=O)NCCCCN1CCN(c2cccc(C)c2)CC1. The highest BCUT2D eigenvalue weighted by molar-refractivity contribution is 5.85. The van der Waals surface area contributed by atoms with E-state index in [0.29, 0.717) is 18.9 Å². The van der Waals surface area contributed by atoms with Gasteiger partial charge in [0.1, 0.15) is 6.04 Å². The summed E-state index contributed by atoms with van der Waals surface area (Å²) in [5.41, 5.74) is 2.61. The predicted molar refractivity (Wildman–Crippen MR) is 121 cm³/mol. The van der Waals surface area contributed by atoms with Crippen LogP contribution in [0.25, 0.3) is 0 Å². The molecule has 0 aliphatic carbocycles. The second kappa shape index (κ2) is 12.4. The maximum atomic E-state index is 12.4. The lowest BCUT2D eigenvalue weighted by Crippen LogP contribution is -2.48. The summed E-state index contributed by atoms with van der Waals surface area (Å²) in [6.07, 6.45) is 1.99. The van der Waals surface area contributed by atoms with E-state index in [-0.39, 0.29) is 5.91 Å². The van der Waals surface area contributed by atoms with Crippen LogP contribution in [0.1, 0.15) is 38.7 Å². The molecule has 0 radical (unpaired) electrons. The topological polar surface area (TPSA) is 73.9 Å². The minimum atomic E-state index is -0.569. The van der Waals surface area contributed by atoms with Gasteiger partial charge in [-0.05, 0) is 56.3 Å². The third kappa shape index (κ3) is 8.22. The molecule has 2 amide bonds. The number of piperazine rings is 1. The first-order valence-corrected chi connectivity index (χ1v) is 11.0. The van der Waals surface area contributed by atoms with Crippen LogP contribution in [0.2, 0.25) is 0 Å². The first-order valence-electron chi connectivity index (χ1n) is 11.0. The summed E-state index contributed by atoms with van der Waals surface area (Å²) in [7, 11) is 1.31. The first-order chi connectivity index (χ1) is 14.4. The zero-order chi connectivity index (χ0) is 21.9. The zero-order valence-electron chi connectivity index (χ0n) is 18.9. The van der Waals surface area contributed by atoms with Gasteiger partial charge in [0.15, 0.2) is 0 Å². The molecule has 1 aromatic carbocycles. The van der Waals surface area contributed by atoms with E-state index in [0.717, 1.165) is 45.6 Å². The van der Waals surface area contributed by atoms with Crippen LogP contribution in [-0.2, 0) is 9.53 Å². The monoisotopic (exact) mass is 418 g/mol. The van der Waals surface area contributed by atoms with Crippen molar-refractivity contribution in [1.82, 2.24) is 15.5 Å². The Morgan fingerprint density at radius 3 is 2.50 bits per heavy atom. The van der Waals surface area contributed by atoms with Crippen molar-refractivity contribution in [2.24, 2.45) is 5.92 Å². The number of aryl methyl sites for hydroxylation is 1. The molecule has 7 heteroatoms. The lowest BCUT2D eigenvalue weighted by atomic mass is 10.0. The lowest BCUT2D eigenvalue weighted by molar-refractivity contribution is -0.123. The number of nitrogens with zero attached hydrogens (tertiary/aromatic N) is 2. The molecule has 1 unspecified atom stereocenters. The van der Waals surface area contributed by atoms with Crippen molar-refractivity contribution < 1.29 is 14.3 Å². The molecular formula is C23H38N4O3. The third-order valence-electron chi connectivity index (χ3n) is 5.44. The van der Waals surface area contributed by atoms with Gasteiger partial charge in [-0.1, -0.05) is 26.0 Å². The average Bonchev–Trinajstić information content (AvgIpc) is 2.73. The number of unbranched alkanes of at least 4 members (excludes halogenated alkanes) is 1. The molecule has 0 aromatic heterocycles. The predicted octanol–water partition coefficient (Wildman–Crippen LogP) is 2.78. The number of hydrogen-bond acceptors (Lipinski definition) is 5. The number of rotatable bonds is 10.